The van der Waals surface area contributed by atoms with Gasteiger partial charge in [-0.15, -0.1) is 0 Å². The zero-order valence-corrected chi connectivity index (χ0v) is 10.5. The van der Waals surface area contributed by atoms with Crippen molar-refractivity contribution in [2.24, 2.45) is 5.73 Å². The van der Waals surface area contributed by atoms with Crippen LogP contribution in [0.3, 0.4) is 0 Å². The number of aromatic nitrogens is 1. The van der Waals surface area contributed by atoms with Crippen molar-refractivity contribution in [1.82, 2.24) is 5.16 Å². The number of carboxylic acids is 2. The summed E-state index contributed by atoms with van der Waals surface area (Å²) in [6.07, 6.45) is 1.44. The molecule has 19 heavy (non-hydrogen) atoms. The molecule has 0 spiro atoms. The Morgan fingerprint density at radius 3 is 2.68 bits per heavy atom. The summed E-state index contributed by atoms with van der Waals surface area (Å²) in [6, 6.07) is -1.24. The number of nitrogens with zero attached hydrogens (tertiary/aromatic N) is 1. The minimum absolute atomic E-state index is 0.0115. The fraction of sp³-hybridized carbons (Fsp3) is 0.545. The van der Waals surface area contributed by atoms with Gasteiger partial charge in [0.1, 0.15) is 6.04 Å². The molecule has 1 aromatic rings. The molecule has 0 amide bonds. The average Bonchev–Trinajstić information content (AvgIpc) is 2.73. The van der Waals surface area contributed by atoms with Crippen LogP contribution in [-0.2, 0) is 11.2 Å². The predicted molar refractivity (Wildman–Crippen MR) is 63.2 cm³/mol. The van der Waals surface area contributed by atoms with Gasteiger partial charge in [0.05, 0.1) is 12.2 Å². The third-order valence-electron chi connectivity index (χ3n) is 2.42. The molecule has 8 heteroatoms. The highest BCUT2D eigenvalue weighted by atomic mass is 16.5. The lowest BCUT2D eigenvalue weighted by molar-refractivity contribution is -0.138. The number of carbonyl (C=O) groups is 2. The van der Waals surface area contributed by atoms with E-state index in [2.05, 4.69) is 9.68 Å². The molecule has 1 aromatic heterocycles. The van der Waals surface area contributed by atoms with Crippen LogP contribution in [0.5, 0.6) is 5.88 Å². The van der Waals surface area contributed by atoms with E-state index in [1.54, 1.807) is 0 Å². The van der Waals surface area contributed by atoms with E-state index in [0.717, 1.165) is 12.8 Å². The first-order valence-corrected chi connectivity index (χ1v) is 5.80. The van der Waals surface area contributed by atoms with Crippen LogP contribution in [0.1, 0.15) is 35.9 Å². The number of unbranched alkanes of at least 4 members (excludes halogenated alkanes) is 1. The Morgan fingerprint density at radius 2 is 2.16 bits per heavy atom. The Hall–Kier alpha value is -2.09. The van der Waals surface area contributed by atoms with Crippen LogP contribution < -0.4 is 10.5 Å². The fourth-order valence-electron chi connectivity index (χ4n) is 1.38. The van der Waals surface area contributed by atoms with Gasteiger partial charge in [0.15, 0.2) is 0 Å². The van der Waals surface area contributed by atoms with Crippen molar-refractivity contribution < 1.29 is 29.1 Å². The number of nitrogens with two attached hydrogens (primary N) is 1. The van der Waals surface area contributed by atoms with Gasteiger partial charge in [-0.25, -0.2) is 4.79 Å². The van der Waals surface area contributed by atoms with Gasteiger partial charge in [-0.05, 0) is 11.6 Å². The Kier molecular flexibility index (Phi) is 5.31. The highest BCUT2D eigenvalue weighted by Crippen LogP contribution is 2.23. The molecular formula is C11H16N2O6. The Labute approximate surface area is 109 Å². The quantitative estimate of drug-likeness (QED) is 0.582. The van der Waals surface area contributed by atoms with Crippen molar-refractivity contribution in [3.05, 3.63) is 11.3 Å². The van der Waals surface area contributed by atoms with Crippen LogP contribution in [0.15, 0.2) is 4.52 Å². The van der Waals surface area contributed by atoms with Crippen molar-refractivity contribution >= 4 is 11.9 Å². The first-order chi connectivity index (χ1) is 8.97. The molecule has 0 aliphatic carbocycles. The van der Waals surface area contributed by atoms with Crippen molar-refractivity contribution in [2.75, 3.05) is 6.61 Å². The number of aromatic carboxylic acids is 1. The smallest absolute Gasteiger partial charge is 0.375 e. The van der Waals surface area contributed by atoms with E-state index in [1.165, 1.54) is 0 Å². The molecule has 4 N–H and O–H groups in total. The van der Waals surface area contributed by atoms with E-state index < -0.39 is 23.7 Å². The van der Waals surface area contributed by atoms with Crippen LogP contribution in [0, 0.1) is 0 Å². The SMILES string of the molecule is CCCCOc1noc(C(=O)O)c1CC(N)C(=O)O. The van der Waals surface area contributed by atoms with Gasteiger partial charge in [-0.3, -0.25) is 4.79 Å². The topological polar surface area (TPSA) is 136 Å². The molecule has 1 rings (SSSR count). The minimum atomic E-state index is -1.34. The van der Waals surface area contributed by atoms with Crippen LogP contribution in [0.4, 0.5) is 0 Å². The molecule has 0 aliphatic heterocycles. The molecule has 1 unspecified atom stereocenters. The van der Waals surface area contributed by atoms with E-state index >= 15 is 0 Å². The second-order valence-corrected chi connectivity index (χ2v) is 3.95. The molecule has 1 atom stereocenters. The summed E-state index contributed by atoms with van der Waals surface area (Å²) in [5.74, 6) is -3.03. The molecule has 8 nitrogen and oxygen atoms in total. The van der Waals surface area contributed by atoms with Crippen molar-refractivity contribution in [2.45, 2.75) is 32.2 Å². The third kappa shape index (κ3) is 3.95. The second kappa shape index (κ2) is 6.74. The van der Waals surface area contributed by atoms with Gasteiger partial charge in [0.25, 0.3) is 11.6 Å². The number of hydrogen-bond acceptors (Lipinski definition) is 6. The molecule has 0 radical (unpaired) electrons. The van der Waals surface area contributed by atoms with E-state index in [-0.39, 0.29) is 17.9 Å². The third-order valence-corrected chi connectivity index (χ3v) is 2.42. The predicted octanol–water partition coefficient (Wildman–Crippen LogP) is 0.506. The first-order valence-electron chi connectivity index (χ1n) is 5.80. The lowest BCUT2D eigenvalue weighted by Gasteiger charge is -2.07. The van der Waals surface area contributed by atoms with E-state index in [4.69, 9.17) is 20.7 Å². The molecule has 0 fully saturated rings. The number of rotatable bonds is 8. The van der Waals surface area contributed by atoms with Gasteiger partial charge in [-0.2, -0.15) is 0 Å². The molecule has 0 saturated carbocycles. The van der Waals surface area contributed by atoms with Crippen LogP contribution in [-0.4, -0.2) is 40.0 Å². The standard InChI is InChI=1S/C11H16N2O6/c1-2-3-4-18-9-6(5-7(12)10(14)15)8(11(16)17)19-13-9/h7H,2-5,12H2,1H3,(H,14,15)(H,16,17). The zero-order chi connectivity index (χ0) is 14.4. The van der Waals surface area contributed by atoms with E-state index in [0.29, 0.717) is 6.61 Å². The lowest BCUT2D eigenvalue weighted by atomic mass is 10.1. The van der Waals surface area contributed by atoms with Gasteiger partial charge < -0.3 is 25.2 Å². The van der Waals surface area contributed by atoms with Gasteiger partial charge >= 0.3 is 11.9 Å². The maximum atomic E-state index is 10.9. The Balaban J connectivity index is 2.91. The normalized spacial score (nSPS) is 12.1. The van der Waals surface area contributed by atoms with Crippen molar-refractivity contribution in [3.63, 3.8) is 0 Å². The number of hydrogen-bond donors (Lipinski definition) is 3. The van der Waals surface area contributed by atoms with Crippen LogP contribution in [0.2, 0.25) is 0 Å². The van der Waals surface area contributed by atoms with Crippen LogP contribution in [0.25, 0.3) is 0 Å². The molecule has 106 valence electrons. The van der Waals surface area contributed by atoms with E-state index in [9.17, 15) is 9.59 Å². The summed E-state index contributed by atoms with van der Waals surface area (Å²) >= 11 is 0. The Bertz CT molecular complexity index is 456. The number of aliphatic carboxylic acids is 1. The molecule has 0 bridgehead atoms. The number of carboxylic acid groups (broad SMARTS) is 2. The van der Waals surface area contributed by atoms with Gasteiger partial charge in [0, 0.05) is 6.42 Å². The maximum Gasteiger partial charge on any atom is 0.375 e. The summed E-state index contributed by atoms with van der Waals surface area (Å²) in [6.45, 7) is 2.31. The summed E-state index contributed by atoms with van der Waals surface area (Å²) < 4.78 is 9.92. The van der Waals surface area contributed by atoms with Crippen molar-refractivity contribution in [3.8, 4) is 5.88 Å². The summed E-state index contributed by atoms with van der Waals surface area (Å²) in [5, 5.41) is 21.2. The molecule has 0 saturated heterocycles. The number of ether oxygens (including phenoxy) is 1. The van der Waals surface area contributed by atoms with Crippen molar-refractivity contribution in [1.29, 1.82) is 0 Å². The highest BCUT2D eigenvalue weighted by Gasteiger charge is 2.26. The maximum absolute atomic E-state index is 10.9. The summed E-state index contributed by atoms with van der Waals surface area (Å²) in [4.78, 5) is 21.7. The molecule has 0 aromatic carbocycles. The average molecular weight is 272 g/mol. The first kappa shape index (κ1) is 15.0. The van der Waals surface area contributed by atoms with E-state index in [1.807, 2.05) is 6.92 Å². The lowest BCUT2D eigenvalue weighted by Crippen LogP contribution is -2.32. The molecule has 0 aliphatic rings. The zero-order valence-electron chi connectivity index (χ0n) is 10.5. The minimum Gasteiger partial charge on any atom is -0.480 e. The van der Waals surface area contributed by atoms with Crippen LogP contribution >= 0.6 is 0 Å². The summed E-state index contributed by atoms with van der Waals surface area (Å²) in [5.41, 5.74) is 5.45. The second-order valence-electron chi connectivity index (χ2n) is 3.95. The van der Waals surface area contributed by atoms with Gasteiger partial charge in [0.2, 0.25) is 0 Å². The monoisotopic (exact) mass is 272 g/mol. The molecule has 1 heterocycles. The molecular weight excluding hydrogens is 256 g/mol. The largest absolute Gasteiger partial charge is 0.480 e. The Morgan fingerprint density at radius 1 is 1.47 bits per heavy atom. The van der Waals surface area contributed by atoms with Gasteiger partial charge in [-0.1, -0.05) is 13.3 Å². The summed E-state index contributed by atoms with van der Waals surface area (Å²) in [7, 11) is 0. The highest BCUT2D eigenvalue weighted by molar-refractivity contribution is 5.87. The fourth-order valence-corrected chi connectivity index (χ4v) is 1.38.